The maximum atomic E-state index is 10.8. The lowest BCUT2D eigenvalue weighted by Crippen LogP contribution is -2.42. The van der Waals surface area contributed by atoms with Gasteiger partial charge >= 0.3 is 5.97 Å². The fourth-order valence-electron chi connectivity index (χ4n) is 1.39. The summed E-state index contributed by atoms with van der Waals surface area (Å²) in [6.07, 6.45) is 2.27. The van der Waals surface area contributed by atoms with Gasteiger partial charge in [-0.05, 0) is 41.9 Å². The number of halogens is 1. The Morgan fingerprint density at radius 1 is 1.53 bits per heavy atom. The summed E-state index contributed by atoms with van der Waals surface area (Å²) in [5, 5.41) is 21.3. The van der Waals surface area contributed by atoms with Gasteiger partial charge in [-0.3, -0.25) is 0 Å². The summed E-state index contributed by atoms with van der Waals surface area (Å²) in [7, 11) is 0. The van der Waals surface area contributed by atoms with E-state index in [-0.39, 0.29) is 6.54 Å². The Kier molecular flexibility index (Phi) is 5.48. The SMILES string of the molecule is CC(C)Cc1ncnc(NCC(C)(O)C(=O)O)c1I. The highest BCUT2D eigenvalue weighted by molar-refractivity contribution is 14.1. The van der Waals surface area contributed by atoms with Crippen LogP contribution in [0.15, 0.2) is 6.33 Å². The maximum absolute atomic E-state index is 10.8. The van der Waals surface area contributed by atoms with Crippen molar-refractivity contribution >= 4 is 34.4 Å². The Morgan fingerprint density at radius 2 is 2.16 bits per heavy atom. The fraction of sp³-hybridized carbons (Fsp3) is 0.583. The quantitative estimate of drug-likeness (QED) is 0.649. The van der Waals surface area contributed by atoms with Crippen molar-refractivity contribution in [1.82, 2.24) is 9.97 Å². The van der Waals surface area contributed by atoms with E-state index in [1.807, 2.05) is 0 Å². The van der Waals surface area contributed by atoms with E-state index in [1.54, 1.807) is 0 Å². The maximum Gasteiger partial charge on any atom is 0.337 e. The molecule has 3 N–H and O–H groups in total. The predicted octanol–water partition coefficient (Wildman–Crippen LogP) is 1.53. The molecule has 0 aliphatic rings. The van der Waals surface area contributed by atoms with E-state index in [2.05, 4.69) is 51.7 Å². The van der Waals surface area contributed by atoms with E-state index < -0.39 is 11.6 Å². The summed E-state index contributed by atoms with van der Waals surface area (Å²) in [5.74, 6) is -0.252. The van der Waals surface area contributed by atoms with Gasteiger partial charge in [0.1, 0.15) is 12.1 Å². The number of hydrogen-bond acceptors (Lipinski definition) is 5. The zero-order valence-corrected chi connectivity index (χ0v) is 13.3. The molecular formula is C12H18IN3O3. The van der Waals surface area contributed by atoms with Gasteiger partial charge in [0.15, 0.2) is 5.60 Å². The van der Waals surface area contributed by atoms with Crippen LogP contribution >= 0.6 is 22.6 Å². The third-order valence-corrected chi connectivity index (χ3v) is 3.66. The number of aliphatic hydroxyl groups is 1. The first kappa shape index (κ1) is 16.1. The number of carboxylic acids is 1. The van der Waals surface area contributed by atoms with Crippen LogP contribution in [0.5, 0.6) is 0 Å². The molecule has 0 bridgehead atoms. The number of nitrogens with one attached hydrogen (secondary N) is 1. The summed E-state index contributed by atoms with van der Waals surface area (Å²) >= 11 is 2.13. The molecule has 7 heteroatoms. The van der Waals surface area contributed by atoms with Crippen LogP contribution in [0.3, 0.4) is 0 Å². The molecule has 1 atom stereocenters. The van der Waals surface area contributed by atoms with E-state index in [9.17, 15) is 9.90 Å². The topological polar surface area (TPSA) is 95.3 Å². The minimum atomic E-state index is -1.83. The minimum Gasteiger partial charge on any atom is -0.479 e. The largest absolute Gasteiger partial charge is 0.479 e. The number of nitrogens with zero attached hydrogens (tertiary/aromatic N) is 2. The van der Waals surface area contributed by atoms with Gasteiger partial charge in [0.05, 0.1) is 15.8 Å². The molecule has 0 spiro atoms. The molecule has 0 aliphatic carbocycles. The van der Waals surface area contributed by atoms with E-state index in [0.29, 0.717) is 11.7 Å². The Balaban J connectivity index is 2.82. The first-order valence-electron chi connectivity index (χ1n) is 5.93. The van der Waals surface area contributed by atoms with Gasteiger partial charge < -0.3 is 15.5 Å². The fourth-order valence-corrected chi connectivity index (χ4v) is 2.08. The molecule has 0 fully saturated rings. The molecular weight excluding hydrogens is 361 g/mol. The predicted molar refractivity (Wildman–Crippen MR) is 80.0 cm³/mol. The molecule has 0 radical (unpaired) electrons. The highest BCUT2D eigenvalue weighted by Crippen LogP contribution is 2.21. The van der Waals surface area contributed by atoms with Gasteiger partial charge in [0.25, 0.3) is 0 Å². The number of hydrogen-bond donors (Lipinski definition) is 3. The molecule has 6 nitrogen and oxygen atoms in total. The van der Waals surface area contributed by atoms with E-state index in [4.69, 9.17) is 5.11 Å². The number of carbonyl (C=O) groups is 1. The van der Waals surface area contributed by atoms with E-state index >= 15 is 0 Å². The van der Waals surface area contributed by atoms with Crippen LogP contribution < -0.4 is 5.32 Å². The molecule has 0 saturated heterocycles. The van der Waals surface area contributed by atoms with Crippen LogP contribution in [-0.4, -0.2) is 38.3 Å². The van der Waals surface area contributed by atoms with Crippen molar-refractivity contribution < 1.29 is 15.0 Å². The van der Waals surface area contributed by atoms with E-state index in [0.717, 1.165) is 15.7 Å². The lowest BCUT2D eigenvalue weighted by atomic mass is 10.1. The van der Waals surface area contributed by atoms with Crippen LogP contribution in [0.1, 0.15) is 26.5 Å². The average molecular weight is 379 g/mol. The number of carboxylic acid groups (broad SMARTS) is 1. The smallest absolute Gasteiger partial charge is 0.337 e. The average Bonchev–Trinajstić information content (AvgIpc) is 2.29. The summed E-state index contributed by atoms with van der Waals surface area (Å²) < 4.78 is 0.856. The molecule has 0 aromatic carbocycles. The molecule has 1 aromatic heterocycles. The van der Waals surface area contributed by atoms with Crippen molar-refractivity contribution in [3.8, 4) is 0 Å². The summed E-state index contributed by atoms with van der Waals surface area (Å²) in [6, 6.07) is 0. The lowest BCUT2D eigenvalue weighted by molar-refractivity contribution is -0.155. The Labute approximate surface area is 125 Å². The number of aliphatic carboxylic acids is 1. The van der Waals surface area contributed by atoms with Crippen molar-refractivity contribution in [2.45, 2.75) is 32.8 Å². The summed E-state index contributed by atoms with van der Waals surface area (Å²) in [6.45, 7) is 5.32. The minimum absolute atomic E-state index is 0.115. The summed E-state index contributed by atoms with van der Waals surface area (Å²) in [4.78, 5) is 19.1. The molecule has 0 amide bonds. The number of anilines is 1. The zero-order valence-electron chi connectivity index (χ0n) is 11.1. The van der Waals surface area contributed by atoms with Gasteiger partial charge in [-0.2, -0.15) is 0 Å². The standard InChI is InChI=1S/C12H18IN3O3/c1-7(2)4-8-9(13)10(16-6-15-8)14-5-12(3,19)11(17)18/h6-7,19H,4-5H2,1-3H3,(H,17,18)(H,14,15,16). The van der Waals surface area contributed by atoms with Crippen molar-refractivity contribution in [3.05, 3.63) is 15.6 Å². The Morgan fingerprint density at radius 3 is 2.68 bits per heavy atom. The first-order valence-corrected chi connectivity index (χ1v) is 7.01. The highest BCUT2D eigenvalue weighted by Gasteiger charge is 2.30. The third-order valence-electron chi connectivity index (χ3n) is 2.52. The van der Waals surface area contributed by atoms with Crippen molar-refractivity contribution in [1.29, 1.82) is 0 Å². The Hall–Kier alpha value is -0.960. The second-order valence-electron chi connectivity index (χ2n) is 5.01. The second kappa shape index (κ2) is 6.47. The van der Waals surface area contributed by atoms with E-state index in [1.165, 1.54) is 13.3 Å². The van der Waals surface area contributed by atoms with Crippen molar-refractivity contribution in [2.24, 2.45) is 5.92 Å². The normalized spacial score (nSPS) is 14.2. The molecule has 106 valence electrons. The number of rotatable bonds is 6. The van der Waals surface area contributed by atoms with Gasteiger partial charge in [0, 0.05) is 0 Å². The molecule has 0 saturated carbocycles. The first-order chi connectivity index (χ1) is 8.74. The molecule has 0 aliphatic heterocycles. The molecule has 19 heavy (non-hydrogen) atoms. The molecule has 1 rings (SSSR count). The van der Waals surface area contributed by atoms with Crippen LogP contribution in [0, 0.1) is 9.49 Å². The zero-order chi connectivity index (χ0) is 14.6. The van der Waals surface area contributed by atoms with Crippen LogP contribution in [0.2, 0.25) is 0 Å². The molecule has 1 heterocycles. The van der Waals surface area contributed by atoms with Crippen LogP contribution in [0.4, 0.5) is 5.82 Å². The van der Waals surface area contributed by atoms with Gasteiger partial charge in [0.2, 0.25) is 0 Å². The van der Waals surface area contributed by atoms with Gasteiger partial charge in [-0.1, -0.05) is 13.8 Å². The molecule has 1 unspecified atom stereocenters. The Bertz CT molecular complexity index is 464. The summed E-state index contributed by atoms with van der Waals surface area (Å²) in [5.41, 5.74) is -0.908. The number of aromatic nitrogens is 2. The van der Waals surface area contributed by atoms with Gasteiger partial charge in [-0.15, -0.1) is 0 Å². The highest BCUT2D eigenvalue weighted by atomic mass is 127. The van der Waals surface area contributed by atoms with Crippen molar-refractivity contribution in [2.75, 3.05) is 11.9 Å². The van der Waals surface area contributed by atoms with Crippen LogP contribution in [0.25, 0.3) is 0 Å². The third kappa shape index (κ3) is 4.57. The monoisotopic (exact) mass is 379 g/mol. The molecule has 1 aromatic rings. The lowest BCUT2D eigenvalue weighted by Gasteiger charge is -2.19. The van der Waals surface area contributed by atoms with Crippen LogP contribution in [-0.2, 0) is 11.2 Å². The van der Waals surface area contributed by atoms with Gasteiger partial charge in [-0.25, -0.2) is 14.8 Å². The van der Waals surface area contributed by atoms with Crippen molar-refractivity contribution in [3.63, 3.8) is 0 Å². The second-order valence-corrected chi connectivity index (χ2v) is 6.09.